The van der Waals surface area contributed by atoms with Crippen LogP contribution in [-0.4, -0.2) is 19.9 Å². The molecule has 0 aromatic heterocycles. The van der Waals surface area contributed by atoms with E-state index in [2.05, 4.69) is 19.2 Å². The minimum Gasteiger partial charge on any atom is -0.359 e. The molecule has 0 radical (unpaired) electrons. The summed E-state index contributed by atoms with van der Waals surface area (Å²) in [4.78, 5) is 11.8. The zero-order valence-corrected chi connectivity index (χ0v) is 14.5. The zero-order chi connectivity index (χ0) is 16.6. The van der Waals surface area contributed by atoms with Gasteiger partial charge in [-0.15, -0.1) is 0 Å². The van der Waals surface area contributed by atoms with E-state index in [4.69, 9.17) is 0 Å². The SMILES string of the molecule is CC.CC.CCCC1(C(=O)NC)CCC(C)C1.FCF. The van der Waals surface area contributed by atoms with Crippen LogP contribution in [-0.2, 0) is 4.79 Å². The van der Waals surface area contributed by atoms with Crippen LogP contribution in [0.3, 0.4) is 0 Å². The molecule has 0 aromatic rings. The largest absolute Gasteiger partial charge is 0.359 e. The second-order valence-electron chi connectivity index (χ2n) is 4.56. The Balaban J connectivity index is -0.000000355. The third-order valence-electron chi connectivity index (χ3n) is 3.29. The smallest absolute Gasteiger partial charge is 0.229 e. The van der Waals surface area contributed by atoms with Crippen LogP contribution in [0.2, 0.25) is 0 Å². The first kappa shape index (κ1) is 24.4. The molecule has 0 aliphatic heterocycles. The highest BCUT2D eigenvalue weighted by molar-refractivity contribution is 5.82. The van der Waals surface area contributed by atoms with E-state index in [0.29, 0.717) is 0 Å². The van der Waals surface area contributed by atoms with Gasteiger partial charge >= 0.3 is 0 Å². The first-order valence-electron chi connectivity index (χ1n) is 7.90. The minimum absolute atomic E-state index is 0.0249. The summed E-state index contributed by atoms with van der Waals surface area (Å²) < 4.78 is 19.2. The Bertz CT molecular complexity index is 209. The fraction of sp³-hybridized carbons (Fsp3) is 0.938. The number of alkyl halides is 2. The number of rotatable bonds is 3. The van der Waals surface area contributed by atoms with Crippen molar-refractivity contribution in [3.63, 3.8) is 0 Å². The molecule has 124 valence electrons. The molecule has 1 N–H and O–H groups in total. The Morgan fingerprint density at radius 2 is 1.70 bits per heavy atom. The molecular weight excluding hydrogens is 260 g/mol. The van der Waals surface area contributed by atoms with Crippen LogP contribution in [0.1, 0.15) is 73.6 Å². The Hall–Kier alpha value is -0.670. The number of amides is 1. The van der Waals surface area contributed by atoms with Gasteiger partial charge in [0.2, 0.25) is 12.8 Å². The van der Waals surface area contributed by atoms with Crippen molar-refractivity contribution >= 4 is 5.91 Å². The molecule has 0 bridgehead atoms. The lowest BCUT2D eigenvalue weighted by Gasteiger charge is -2.26. The standard InChI is InChI=1S/C11H21NO.2C2H6.CH2F2/c1-4-6-11(10(13)12-3)7-5-9(2)8-11;2*1-2;2-1-3/h9H,4-8H2,1-3H3,(H,12,13);2*1-2H3;1H2. The van der Waals surface area contributed by atoms with Crippen LogP contribution in [0, 0.1) is 11.3 Å². The summed E-state index contributed by atoms with van der Waals surface area (Å²) in [6.07, 6.45) is 5.55. The number of nitrogens with one attached hydrogen (secondary N) is 1. The highest BCUT2D eigenvalue weighted by Gasteiger charge is 2.42. The Labute approximate surface area is 124 Å². The molecule has 0 saturated heterocycles. The lowest BCUT2D eigenvalue weighted by Crippen LogP contribution is -2.37. The van der Waals surface area contributed by atoms with Crippen molar-refractivity contribution in [3.8, 4) is 0 Å². The van der Waals surface area contributed by atoms with Crippen LogP contribution in [0.15, 0.2) is 0 Å². The van der Waals surface area contributed by atoms with E-state index in [1.165, 1.54) is 6.42 Å². The van der Waals surface area contributed by atoms with Gasteiger partial charge in [-0.25, -0.2) is 8.78 Å². The molecule has 1 fully saturated rings. The van der Waals surface area contributed by atoms with Crippen molar-refractivity contribution in [2.45, 2.75) is 73.6 Å². The van der Waals surface area contributed by atoms with Crippen molar-refractivity contribution < 1.29 is 13.6 Å². The average molecular weight is 295 g/mol. The van der Waals surface area contributed by atoms with E-state index >= 15 is 0 Å². The van der Waals surface area contributed by atoms with E-state index < -0.39 is 6.93 Å². The number of hydrogen-bond acceptors (Lipinski definition) is 1. The van der Waals surface area contributed by atoms with Crippen LogP contribution in [0.5, 0.6) is 0 Å². The Morgan fingerprint density at radius 1 is 1.25 bits per heavy atom. The monoisotopic (exact) mass is 295 g/mol. The normalized spacial score (nSPS) is 23.1. The van der Waals surface area contributed by atoms with Crippen molar-refractivity contribution in [1.29, 1.82) is 0 Å². The number of carbonyl (C=O) groups is 1. The van der Waals surface area contributed by atoms with Crippen molar-refractivity contribution in [1.82, 2.24) is 5.32 Å². The van der Waals surface area contributed by atoms with Crippen molar-refractivity contribution in [2.75, 3.05) is 14.0 Å². The van der Waals surface area contributed by atoms with E-state index in [-0.39, 0.29) is 11.3 Å². The molecule has 2 atom stereocenters. The Morgan fingerprint density at radius 3 is 1.95 bits per heavy atom. The minimum atomic E-state index is -1.75. The Kier molecular flexibility index (Phi) is 20.0. The van der Waals surface area contributed by atoms with E-state index in [1.807, 2.05) is 27.7 Å². The van der Waals surface area contributed by atoms with Gasteiger partial charge in [0.25, 0.3) is 0 Å². The molecule has 0 aromatic carbocycles. The van der Waals surface area contributed by atoms with Gasteiger partial charge in [-0.05, 0) is 31.6 Å². The quantitative estimate of drug-likeness (QED) is 0.754. The highest BCUT2D eigenvalue weighted by Crippen LogP contribution is 2.45. The molecule has 2 unspecified atom stereocenters. The first-order chi connectivity index (χ1) is 9.56. The fourth-order valence-electron chi connectivity index (χ4n) is 2.68. The molecule has 1 rings (SSSR count). The van der Waals surface area contributed by atoms with Crippen molar-refractivity contribution in [3.05, 3.63) is 0 Å². The van der Waals surface area contributed by atoms with Crippen LogP contribution in [0.25, 0.3) is 0 Å². The topological polar surface area (TPSA) is 29.1 Å². The lowest BCUT2D eigenvalue weighted by atomic mass is 9.80. The van der Waals surface area contributed by atoms with E-state index in [9.17, 15) is 13.6 Å². The molecule has 1 saturated carbocycles. The van der Waals surface area contributed by atoms with Gasteiger partial charge < -0.3 is 5.32 Å². The molecular formula is C16H35F2NO. The van der Waals surface area contributed by atoms with Gasteiger partial charge in [0, 0.05) is 12.5 Å². The van der Waals surface area contributed by atoms with Gasteiger partial charge in [0.1, 0.15) is 0 Å². The third-order valence-corrected chi connectivity index (χ3v) is 3.29. The summed E-state index contributed by atoms with van der Waals surface area (Å²) in [7, 11) is 1.75. The molecule has 1 amide bonds. The molecule has 2 nitrogen and oxygen atoms in total. The van der Waals surface area contributed by atoms with Crippen molar-refractivity contribution in [2.24, 2.45) is 11.3 Å². The van der Waals surface area contributed by atoms with E-state index in [0.717, 1.165) is 31.6 Å². The maximum Gasteiger partial charge on any atom is 0.229 e. The summed E-state index contributed by atoms with van der Waals surface area (Å²) in [5.74, 6) is 0.988. The molecule has 0 heterocycles. The molecule has 4 heteroatoms. The molecule has 1 aliphatic carbocycles. The maximum atomic E-state index is 11.8. The summed E-state index contributed by atoms with van der Waals surface area (Å²) in [5, 5.41) is 2.81. The number of hydrogen-bond donors (Lipinski definition) is 1. The predicted molar refractivity (Wildman–Crippen MR) is 84.2 cm³/mol. The summed E-state index contributed by atoms with van der Waals surface area (Å²) in [6.45, 7) is 10.7. The van der Waals surface area contributed by atoms with Gasteiger partial charge in [0.15, 0.2) is 0 Å². The van der Waals surface area contributed by atoms with E-state index in [1.54, 1.807) is 7.05 Å². The zero-order valence-electron chi connectivity index (χ0n) is 14.5. The average Bonchev–Trinajstić information content (AvgIpc) is 2.86. The van der Waals surface area contributed by atoms with Gasteiger partial charge in [-0.3, -0.25) is 4.79 Å². The summed E-state index contributed by atoms with van der Waals surface area (Å²) in [5.41, 5.74) is -0.0249. The predicted octanol–water partition coefficient (Wildman–Crippen LogP) is 5.27. The van der Waals surface area contributed by atoms with Crippen LogP contribution in [0.4, 0.5) is 8.78 Å². The summed E-state index contributed by atoms with van der Waals surface area (Å²) in [6, 6.07) is 0. The number of halogens is 2. The van der Waals surface area contributed by atoms with Gasteiger partial charge in [0.05, 0.1) is 0 Å². The lowest BCUT2D eigenvalue weighted by molar-refractivity contribution is -0.130. The van der Waals surface area contributed by atoms with Gasteiger partial charge in [-0.2, -0.15) is 0 Å². The fourth-order valence-corrected chi connectivity index (χ4v) is 2.68. The second-order valence-corrected chi connectivity index (χ2v) is 4.56. The van der Waals surface area contributed by atoms with Gasteiger partial charge in [-0.1, -0.05) is 48.0 Å². The highest BCUT2D eigenvalue weighted by atomic mass is 19.3. The third kappa shape index (κ3) is 9.27. The molecule has 0 spiro atoms. The molecule has 1 aliphatic rings. The second kappa shape index (κ2) is 16.4. The van der Waals surface area contributed by atoms with Crippen LogP contribution >= 0.6 is 0 Å². The summed E-state index contributed by atoms with van der Waals surface area (Å²) >= 11 is 0. The molecule has 20 heavy (non-hydrogen) atoms. The van der Waals surface area contributed by atoms with Crippen LogP contribution < -0.4 is 5.32 Å². The first-order valence-corrected chi connectivity index (χ1v) is 7.90. The number of carbonyl (C=O) groups excluding carboxylic acids is 1. The maximum absolute atomic E-state index is 11.8.